The molecule has 0 spiro atoms. The Balaban J connectivity index is 2.31. The summed E-state index contributed by atoms with van der Waals surface area (Å²) in [4.78, 5) is 0. The normalized spacial score (nSPS) is 12.2. The van der Waals surface area contributed by atoms with Crippen LogP contribution in [0.3, 0.4) is 0 Å². The summed E-state index contributed by atoms with van der Waals surface area (Å²) in [5.74, 6) is 0.375. The predicted octanol–water partition coefficient (Wildman–Crippen LogP) is 4.69. The topological polar surface area (TPSA) is 35.2 Å². The van der Waals surface area contributed by atoms with Gasteiger partial charge in [0.05, 0.1) is 17.7 Å². The van der Waals surface area contributed by atoms with Gasteiger partial charge in [-0.15, -0.1) is 0 Å². The van der Waals surface area contributed by atoms with Crippen molar-refractivity contribution < 1.29 is 9.13 Å². The molecule has 106 valence electrons. The Morgan fingerprint density at radius 3 is 2.55 bits per heavy atom. The van der Waals surface area contributed by atoms with E-state index in [1.165, 1.54) is 6.07 Å². The number of ether oxygens (including phenoxy) is 1. The smallest absolute Gasteiger partial charge is 0.129 e. The van der Waals surface area contributed by atoms with Gasteiger partial charge < -0.3 is 10.5 Å². The van der Waals surface area contributed by atoms with Crippen LogP contribution in [0.4, 0.5) is 4.39 Å². The third kappa shape index (κ3) is 3.32. The van der Waals surface area contributed by atoms with Gasteiger partial charge in [0.25, 0.3) is 0 Å². The molecule has 2 aromatic carbocycles. The van der Waals surface area contributed by atoms with Crippen LogP contribution in [0.1, 0.15) is 24.1 Å². The Morgan fingerprint density at radius 2 is 1.95 bits per heavy atom. The van der Waals surface area contributed by atoms with Crippen molar-refractivity contribution >= 4 is 27.5 Å². The van der Waals surface area contributed by atoms with Crippen LogP contribution >= 0.6 is 27.5 Å². The molecule has 2 aromatic rings. The Bertz CT molecular complexity index is 604. The van der Waals surface area contributed by atoms with E-state index in [9.17, 15) is 4.39 Å². The standard InChI is InChI=1S/C15H14BrClFNO/c1-2-20-10-5-3-9(4-6-10)15(19)11-7-13(17)12(16)8-14(11)18/h3-8,15H,2,19H2,1H3. The summed E-state index contributed by atoms with van der Waals surface area (Å²) in [7, 11) is 0. The van der Waals surface area contributed by atoms with E-state index >= 15 is 0 Å². The fourth-order valence-corrected chi connectivity index (χ4v) is 2.38. The third-order valence-electron chi connectivity index (χ3n) is 2.92. The number of hydrogen-bond acceptors (Lipinski definition) is 2. The van der Waals surface area contributed by atoms with Gasteiger partial charge >= 0.3 is 0 Å². The molecule has 2 rings (SSSR count). The molecule has 2 nitrogen and oxygen atoms in total. The molecule has 0 bridgehead atoms. The molecule has 0 aliphatic carbocycles. The molecule has 0 saturated heterocycles. The average molecular weight is 359 g/mol. The highest BCUT2D eigenvalue weighted by Crippen LogP contribution is 2.31. The maximum atomic E-state index is 14.0. The van der Waals surface area contributed by atoms with Gasteiger partial charge in [0.1, 0.15) is 11.6 Å². The number of hydrogen-bond donors (Lipinski definition) is 1. The van der Waals surface area contributed by atoms with Crippen molar-refractivity contribution in [2.75, 3.05) is 6.61 Å². The fourth-order valence-electron chi connectivity index (χ4n) is 1.89. The quantitative estimate of drug-likeness (QED) is 0.805. The highest BCUT2D eigenvalue weighted by Gasteiger charge is 2.16. The summed E-state index contributed by atoms with van der Waals surface area (Å²) in [6.45, 7) is 2.52. The Labute approximate surface area is 130 Å². The molecular weight excluding hydrogens is 345 g/mol. The van der Waals surface area contributed by atoms with Gasteiger partial charge in [0, 0.05) is 10.0 Å². The van der Waals surface area contributed by atoms with Gasteiger partial charge in [-0.1, -0.05) is 23.7 Å². The lowest BCUT2D eigenvalue weighted by atomic mass is 9.99. The third-order valence-corrected chi connectivity index (χ3v) is 4.12. The van der Waals surface area contributed by atoms with Crippen LogP contribution in [0, 0.1) is 5.82 Å². The van der Waals surface area contributed by atoms with Crippen molar-refractivity contribution in [1.29, 1.82) is 0 Å². The minimum atomic E-state index is -0.573. The van der Waals surface area contributed by atoms with Crippen LogP contribution in [0.2, 0.25) is 5.02 Å². The lowest BCUT2D eigenvalue weighted by molar-refractivity contribution is 0.340. The van der Waals surface area contributed by atoms with Crippen molar-refractivity contribution in [3.63, 3.8) is 0 Å². The molecule has 1 unspecified atom stereocenters. The summed E-state index contributed by atoms with van der Waals surface area (Å²) in [5, 5.41) is 0.433. The molecule has 20 heavy (non-hydrogen) atoms. The molecule has 0 radical (unpaired) electrons. The molecule has 5 heteroatoms. The highest BCUT2D eigenvalue weighted by molar-refractivity contribution is 9.10. The van der Waals surface area contributed by atoms with Crippen molar-refractivity contribution in [3.8, 4) is 5.75 Å². The van der Waals surface area contributed by atoms with Gasteiger partial charge in [-0.3, -0.25) is 0 Å². The van der Waals surface area contributed by atoms with Crippen molar-refractivity contribution in [3.05, 3.63) is 62.8 Å². The second-order valence-corrected chi connectivity index (χ2v) is 5.53. The Hall–Kier alpha value is -1.10. The average Bonchev–Trinajstić information content (AvgIpc) is 2.43. The first-order chi connectivity index (χ1) is 9.52. The first-order valence-electron chi connectivity index (χ1n) is 6.15. The number of halogens is 3. The van der Waals surface area contributed by atoms with Crippen LogP contribution in [-0.4, -0.2) is 6.61 Å². The second kappa shape index (κ2) is 6.57. The van der Waals surface area contributed by atoms with Gasteiger partial charge in [-0.2, -0.15) is 0 Å². The molecule has 0 aliphatic rings. The number of rotatable bonds is 4. The van der Waals surface area contributed by atoms with Crippen LogP contribution in [0.5, 0.6) is 5.75 Å². The van der Waals surface area contributed by atoms with Crippen molar-refractivity contribution in [2.24, 2.45) is 5.73 Å². The lowest BCUT2D eigenvalue weighted by Crippen LogP contribution is -2.13. The summed E-state index contributed by atoms with van der Waals surface area (Å²) < 4.78 is 19.8. The van der Waals surface area contributed by atoms with Crippen LogP contribution < -0.4 is 10.5 Å². The van der Waals surface area contributed by atoms with E-state index < -0.39 is 6.04 Å². The van der Waals surface area contributed by atoms with E-state index in [2.05, 4.69) is 15.9 Å². The maximum Gasteiger partial charge on any atom is 0.129 e. The van der Waals surface area contributed by atoms with E-state index in [1.807, 2.05) is 31.2 Å². The van der Waals surface area contributed by atoms with Gasteiger partial charge in [-0.25, -0.2) is 4.39 Å². The molecule has 0 aromatic heterocycles. The number of nitrogens with two attached hydrogens (primary N) is 1. The summed E-state index contributed by atoms with van der Waals surface area (Å²) in [6.07, 6.45) is 0. The summed E-state index contributed by atoms with van der Waals surface area (Å²) >= 11 is 9.18. The molecule has 2 N–H and O–H groups in total. The Kier molecular flexibility index (Phi) is 5.02. The zero-order valence-electron chi connectivity index (χ0n) is 10.9. The predicted molar refractivity (Wildman–Crippen MR) is 82.8 cm³/mol. The summed E-state index contributed by atoms with van der Waals surface area (Å²) in [5.41, 5.74) is 7.27. The van der Waals surface area contributed by atoms with E-state index in [0.29, 0.717) is 21.7 Å². The van der Waals surface area contributed by atoms with E-state index in [-0.39, 0.29) is 5.82 Å². The molecule has 0 fully saturated rings. The van der Waals surface area contributed by atoms with E-state index in [0.717, 1.165) is 11.3 Å². The molecule has 0 heterocycles. The van der Waals surface area contributed by atoms with Gasteiger partial charge in [0.15, 0.2) is 0 Å². The second-order valence-electron chi connectivity index (χ2n) is 4.27. The zero-order chi connectivity index (χ0) is 14.7. The van der Waals surface area contributed by atoms with E-state index in [1.54, 1.807) is 6.07 Å². The van der Waals surface area contributed by atoms with Crippen molar-refractivity contribution in [2.45, 2.75) is 13.0 Å². The molecule has 0 saturated carbocycles. The minimum Gasteiger partial charge on any atom is -0.494 e. The summed E-state index contributed by atoms with van der Waals surface area (Å²) in [6, 6.07) is 9.58. The maximum absolute atomic E-state index is 14.0. The first kappa shape index (κ1) is 15.3. The molecular formula is C15H14BrClFNO. The minimum absolute atomic E-state index is 0.363. The van der Waals surface area contributed by atoms with Gasteiger partial charge in [0.2, 0.25) is 0 Å². The zero-order valence-corrected chi connectivity index (χ0v) is 13.2. The first-order valence-corrected chi connectivity index (χ1v) is 7.32. The van der Waals surface area contributed by atoms with Gasteiger partial charge in [-0.05, 0) is 52.7 Å². The molecule has 0 amide bonds. The monoisotopic (exact) mass is 357 g/mol. The molecule has 0 aliphatic heterocycles. The number of benzene rings is 2. The molecule has 1 atom stereocenters. The lowest BCUT2D eigenvalue weighted by Gasteiger charge is -2.15. The van der Waals surface area contributed by atoms with Crippen LogP contribution in [0.25, 0.3) is 0 Å². The SMILES string of the molecule is CCOc1ccc(C(N)c2cc(Cl)c(Br)cc2F)cc1. The van der Waals surface area contributed by atoms with Crippen LogP contribution in [-0.2, 0) is 0 Å². The fraction of sp³-hybridized carbons (Fsp3) is 0.200. The Morgan fingerprint density at radius 1 is 1.30 bits per heavy atom. The van der Waals surface area contributed by atoms with E-state index in [4.69, 9.17) is 22.1 Å². The largest absolute Gasteiger partial charge is 0.494 e. The highest BCUT2D eigenvalue weighted by atomic mass is 79.9. The van der Waals surface area contributed by atoms with Crippen LogP contribution in [0.15, 0.2) is 40.9 Å². The van der Waals surface area contributed by atoms with Crippen molar-refractivity contribution in [1.82, 2.24) is 0 Å².